The molecule has 0 radical (unpaired) electrons. The molecule has 4 rings (SSSR count). The van der Waals surface area contributed by atoms with Crippen LogP contribution in [0.1, 0.15) is 43.9 Å². The summed E-state index contributed by atoms with van der Waals surface area (Å²) in [5.41, 5.74) is 1.05. The normalized spacial score (nSPS) is 26.2. The Morgan fingerprint density at radius 1 is 1.39 bits per heavy atom. The summed E-state index contributed by atoms with van der Waals surface area (Å²) in [5, 5.41) is 15.3. The summed E-state index contributed by atoms with van der Waals surface area (Å²) in [7, 11) is 0. The van der Waals surface area contributed by atoms with Crippen molar-refractivity contribution >= 4 is 17.8 Å². The fourth-order valence-corrected chi connectivity index (χ4v) is 4.10. The van der Waals surface area contributed by atoms with E-state index in [0.717, 1.165) is 28.2 Å². The van der Waals surface area contributed by atoms with E-state index >= 15 is 0 Å². The van der Waals surface area contributed by atoms with Gasteiger partial charge in [0.2, 0.25) is 5.91 Å². The molecule has 1 aromatic carbocycles. The number of carbonyl (C=O) groups is 3. The van der Waals surface area contributed by atoms with Gasteiger partial charge in [0.15, 0.2) is 0 Å². The first-order valence-electron chi connectivity index (χ1n) is 9.62. The van der Waals surface area contributed by atoms with Gasteiger partial charge in [-0.05, 0) is 55.9 Å². The summed E-state index contributed by atoms with van der Waals surface area (Å²) >= 11 is 0. The summed E-state index contributed by atoms with van der Waals surface area (Å²) in [6, 6.07) is 5.03. The van der Waals surface area contributed by atoms with Crippen LogP contribution < -0.4 is 15.4 Å². The second-order valence-corrected chi connectivity index (χ2v) is 8.34. The lowest BCUT2D eigenvalue weighted by Crippen LogP contribution is -2.46. The quantitative estimate of drug-likeness (QED) is 0.650. The van der Waals surface area contributed by atoms with Crippen LogP contribution >= 0.6 is 0 Å². The number of urea groups is 1. The van der Waals surface area contributed by atoms with Crippen molar-refractivity contribution in [1.29, 1.82) is 0 Å². The zero-order chi connectivity index (χ0) is 20.1. The number of imide groups is 1. The van der Waals surface area contributed by atoms with Crippen molar-refractivity contribution in [3.63, 3.8) is 0 Å². The minimum Gasteiger partial charge on any atom is -0.493 e. The Labute approximate surface area is 163 Å². The molecular formula is C20H25N3O5. The van der Waals surface area contributed by atoms with Gasteiger partial charge < -0.3 is 20.5 Å². The predicted molar refractivity (Wildman–Crippen MR) is 99.6 cm³/mol. The van der Waals surface area contributed by atoms with Gasteiger partial charge in [0, 0.05) is 6.42 Å². The minimum absolute atomic E-state index is 0.110. The largest absolute Gasteiger partial charge is 0.493 e. The van der Waals surface area contributed by atoms with Gasteiger partial charge in [-0.3, -0.25) is 14.5 Å². The maximum Gasteiger partial charge on any atom is 0.325 e. The van der Waals surface area contributed by atoms with Crippen LogP contribution in [-0.4, -0.2) is 52.6 Å². The van der Waals surface area contributed by atoms with Gasteiger partial charge in [-0.2, -0.15) is 0 Å². The highest BCUT2D eigenvalue weighted by atomic mass is 16.5. The van der Waals surface area contributed by atoms with Crippen LogP contribution in [0.15, 0.2) is 18.2 Å². The van der Waals surface area contributed by atoms with Crippen LogP contribution in [-0.2, 0) is 16.0 Å². The van der Waals surface area contributed by atoms with E-state index in [-0.39, 0.29) is 24.6 Å². The number of hydrogen-bond acceptors (Lipinski definition) is 5. The van der Waals surface area contributed by atoms with Crippen LogP contribution in [0, 0.1) is 5.92 Å². The van der Waals surface area contributed by atoms with Gasteiger partial charge >= 0.3 is 6.03 Å². The molecule has 4 amide bonds. The van der Waals surface area contributed by atoms with Gasteiger partial charge in [0.05, 0.1) is 18.8 Å². The SMILES string of the molecule is CC1(C)NC(=O)N(CC(=O)N[C@@H](c2ccc3c(c2)CCO3)C2CC(O)C2)C1=O. The second kappa shape index (κ2) is 6.77. The Morgan fingerprint density at radius 3 is 2.79 bits per heavy atom. The standard InChI is InChI=1S/C20H25N3O5/c1-20(2)18(26)23(19(27)22-20)10-16(25)21-17(13-8-14(24)9-13)12-3-4-15-11(7-12)5-6-28-15/h3-4,7,13-14,17,24H,5-6,8-10H2,1-2H3,(H,21,25)(H,22,27)/t13?,14?,17-/m0/s1. The number of rotatable bonds is 5. The molecule has 1 aliphatic carbocycles. The summed E-state index contributed by atoms with van der Waals surface area (Å²) in [6.07, 6.45) is 1.69. The lowest BCUT2D eigenvalue weighted by molar-refractivity contribution is -0.134. The zero-order valence-corrected chi connectivity index (χ0v) is 16.0. The first-order valence-corrected chi connectivity index (χ1v) is 9.62. The number of aliphatic hydroxyl groups excluding tert-OH is 1. The number of fused-ring (bicyclic) bond motifs is 1. The maximum absolute atomic E-state index is 12.7. The van der Waals surface area contributed by atoms with Crippen molar-refractivity contribution in [1.82, 2.24) is 15.5 Å². The Balaban J connectivity index is 1.49. The molecule has 1 atom stereocenters. The third kappa shape index (κ3) is 3.32. The maximum atomic E-state index is 12.7. The topological polar surface area (TPSA) is 108 Å². The predicted octanol–water partition coefficient (Wildman–Crippen LogP) is 0.880. The second-order valence-electron chi connectivity index (χ2n) is 8.34. The van der Waals surface area contributed by atoms with E-state index in [2.05, 4.69) is 10.6 Å². The van der Waals surface area contributed by atoms with E-state index in [4.69, 9.17) is 4.74 Å². The Hall–Kier alpha value is -2.61. The van der Waals surface area contributed by atoms with E-state index < -0.39 is 23.4 Å². The van der Waals surface area contributed by atoms with E-state index in [9.17, 15) is 19.5 Å². The molecule has 1 saturated heterocycles. The van der Waals surface area contributed by atoms with Gasteiger partial charge in [0.1, 0.15) is 17.8 Å². The molecule has 3 aliphatic rings. The van der Waals surface area contributed by atoms with Gasteiger partial charge in [0.25, 0.3) is 5.91 Å². The van der Waals surface area contributed by atoms with Crippen molar-refractivity contribution < 1.29 is 24.2 Å². The number of carbonyl (C=O) groups excluding carboxylic acids is 3. The van der Waals surface area contributed by atoms with E-state index in [1.54, 1.807) is 13.8 Å². The number of benzene rings is 1. The van der Waals surface area contributed by atoms with Gasteiger partial charge in [-0.15, -0.1) is 0 Å². The van der Waals surface area contributed by atoms with Gasteiger partial charge in [-0.1, -0.05) is 6.07 Å². The first-order chi connectivity index (χ1) is 13.2. The van der Waals surface area contributed by atoms with Crippen molar-refractivity contribution in [2.75, 3.05) is 13.2 Å². The average Bonchev–Trinajstić information content (AvgIpc) is 3.14. The molecule has 150 valence electrons. The highest BCUT2D eigenvalue weighted by Crippen LogP contribution is 2.39. The molecular weight excluding hydrogens is 362 g/mol. The number of ether oxygens (including phenoxy) is 1. The summed E-state index contributed by atoms with van der Waals surface area (Å²) < 4.78 is 5.55. The molecule has 0 spiro atoms. The monoisotopic (exact) mass is 387 g/mol. The average molecular weight is 387 g/mol. The fourth-order valence-electron chi connectivity index (χ4n) is 4.10. The highest BCUT2D eigenvalue weighted by molar-refractivity contribution is 6.08. The summed E-state index contributed by atoms with van der Waals surface area (Å²) in [5.74, 6) is 0.158. The molecule has 2 fully saturated rings. The van der Waals surface area contributed by atoms with Crippen molar-refractivity contribution in [2.45, 2.75) is 50.8 Å². The zero-order valence-electron chi connectivity index (χ0n) is 16.0. The molecule has 1 aromatic rings. The van der Waals surface area contributed by atoms with E-state index in [0.29, 0.717) is 19.4 Å². The van der Waals surface area contributed by atoms with Crippen molar-refractivity contribution in [2.24, 2.45) is 5.92 Å². The first kappa shape index (κ1) is 18.7. The van der Waals surface area contributed by atoms with Gasteiger partial charge in [-0.25, -0.2) is 4.79 Å². The molecule has 1 saturated carbocycles. The minimum atomic E-state index is -1.01. The van der Waals surface area contributed by atoms with E-state index in [1.807, 2.05) is 18.2 Å². The number of hydrogen-bond donors (Lipinski definition) is 3. The number of nitrogens with zero attached hydrogens (tertiary/aromatic N) is 1. The molecule has 28 heavy (non-hydrogen) atoms. The summed E-state index contributed by atoms with van der Waals surface area (Å²) in [4.78, 5) is 38.0. The number of amides is 4. The Kier molecular flexibility index (Phi) is 4.53. The van der Waals surface area contributed by atoms with Crippen molar-refractivity contribution in [3.8, 4) is 5.75 Å². The van der Waals surface area contributed by atoms with Crippen LogP contribution in [0.2, 0.25) is 0 Å². The molecule has 0 unspecified atom stereocenters. The molecule has 0 aromatic heterocycles. The van der Waals surface area contributed by atoms with Crippen LogP contribution in [0.5, 0.6) is 5.75 Å². The Bertz CT molecular complexity index is 831. The molecule has 8 heteroatoms. The lowest BCUT2D eigenvalue weighted by atomic mass is 9.75. The number of aliphatic hydroxyl groups is 1. The van der Waals surface area contributed by atoms with Crippen molar-refractivity contribution in [3.05, 3.63) is 29.3 Å². The highest BCUT2D eigenvalue weighted by Gasteiger charge is 2.45. The van der Waals surface area contributed by atoms with Crippen LogP contribution in [0.4, 0.5) is 4.79 Å². The molecule has 2 aliphatic heterocycles. The third-order valence-electron chi connectivity index (χ3n) is 5.76. The lowest BCUT2D eigenvalue weighted by Gasteiger charge is -2.38. The molecule has 8 nitrogen and oxygen atoms in total. The van der Waals surface area contributed by atoms with Crippen LogP contribution in [0.25, 0.3) is 0 Å². The third-order valence-corrected chi connectivity index (χ3v) is 5.76. The molecule has 2 heterocycles. The fraction of sp³-hybridized carbons (Fsp3) is 0.550. The van der Waals surface area contributed by atoms with Crippen LogP contribution in [0.3, 0.4) is 0 Å². The number of nitrogens with one attached hydrogen (secondary N) is 2. The summed E-state index contributed by atoms with van der Waals surface area (Å²) in [6.45, 7) is 3.54. The Morgan fingerprint density at radius 2 is 2.14 bits per heavy atom. The molecule has 3 N–H and O–H groups in total. The van der Waals surface area contributed by atoms with E-state index in [1.165, 1.54) is 0 Å². The molecule has 0 bridgehead atoms. The smallest absolute Gasteiger partial charge is 0.325 e.